The van der Waals surface area contributed by atoms with E-state index in [-0.39, 0.29) is 17.4 Å². The second-order valence-corrected chi connectivity index (χ2v) is 6.15. The fourth-order valence-corrected chi connectivity index (χ4v) is 1.33. The van der Waals surface area contributed by atoms with Crippen molar-refractivity contribution in [2.75, 3.05) is 19.6 Å². The van der Waals surface area contributed by atoms with E-state index in [1.165, 1.54) is 0 Å². The number of rotatable bonds is 6. The molecule has 0 atom stereocenters. The maximum absolute atomic E-state index is 9.90. The van der Waals surface area contributed by atoms with E-state index in [9.17, 15) is 53.3 Å². The predicted molar refractivity (Wildman–Crippen MR) is 80.3 cm³/mol. The topological polar surface area (TPSA) is 329 Å². The molecule has 0 aromatic heterocycles. The van der Waals surface area contributed by atoms with Gasteiger partial charge in [0.25, 0.3) is 31.2 Å². The summed E-state index contributed by atoms with van der Waals surface area (Å²) < 4.78 is 95.6. The molecule has 0 rings (SSSR count). The van der Waals surface area contributed by atoms with Gasteiger partial charge in [-0.1, -0.05) is 0 Å². The van der Waals surface area contributed by atoms with E-state index in [2.05, 4.69) is 29.8 Å². The van der Waals surface area contributed by atoms with Gasteiger partial charge in [-0.05, 0) is 0 Å². The summed E-state index contributed by atoms with van der Waals surface area (Å²) >= 11 is 0. The third-order valence-electron chi connectivity index (χ3n) is 1.09. The van der Waals surface area contributed by atoms with Crippen molar-refractivity contribution in [1.29, 1.82) is 0 Å². The van der Waals surface area contributed by atoms with Crippen LogP contribution < -0.4 is 17.2 Å². The molecule has 0 saturated heterocycles. The molecule has 0 aliphatic heterocycles. The number of carbonyl (C=O) groups excluding carboxylic acids is 3. The number of carbonyl (C=O) groups is 3. The van der Waals surface area contributed by atoms with Gasteiger partial charge in [0.05, 0.1) is 19.6 Å². The molecule has 162 valence electrons. The van der Waals surface area contributed by atoms with Crippen molar-refractivity contribution < 1.29 is 65.8 Å². The fourth-order valence-electron chi connectivity index (χ4n) is 0.444. The average molecular weight is 489 g/mol. The van der Waals surface area contributed by atoms with Crippen LogP contribution in [0.15, 0.2) is 0 Å². The molecule has 0 bridgehead atoms. The SMILES string of the molecule is NCC(=O)OS(=O)(=O)[O-].NCC(=O)OS(=O)(=O)[O-].NCC(=O)OS(=O)(=O)[O-].[Al+3]. The van der Waals surface area contributed by atoms with Crippen molar-refractivity contribution in [1.82, 2.24) is 0 Å². The Hall–Kier alpha value is -1.45. The summed E-state index contributed by atoms with van der Waals surface area (Å²) in [5.74, 6) is -3.78. The first-order chi connectivity index (χ1) is 11.9. The molecule has 0 radical (unpaired) electrons. The summed E-state index contributed by atoms with van der Waals surface area (Å²) in [4.78, 5) is 29.7. The summed E-state index contributed by atoms with van der Waals surface area (Å²) in [5.41, 5.74) is 13.8. The molecule has 18 nitrogen and oxygen atoms in total. The monoisotopic (exact) mass is 489 g/mol. The van der Waals surface area contributed by atoms with Gasteiger partial charge in [0, 0.05) is 0 Å². The molecule has 6 N–H and O–H groups in total. The standard InChI is InChI=1S/3C2H5NO5S.Al/c3*3-1-2(4)8-9(5,6)7;/h3*1,3H2,(H,5,6,7);/q;;;+3/p-3. The van der Waals surface area contributed by atoms with E-state index in [0.29, 0.717) is 0 Å². The van der Waals surface area contributed by atoms with Crippen LogP contribution in [0.1, 0.15) is 0 Å². The van der Waals surface area contributed by atoms with Crippen LogP contribution in [-0.4, -0.2) is 93.8 Å². The predicted octanol–water partition coefficient (Wildman–Crippen LogP) is -6.54. The summed E-state index contributed by atoms with van der Waals surface area (Å²) in [5, 5.41) is 0. The van der Waals surface area contributed by atoms with Crippen molar-refractivity contribution in [3.05, 3.63) is 0 Å². The van der Waals surface area contributed by atoms with Crippen LogP contribution in [0.25, 0.3) is 0 Å². The van der Waals surface area contributed by atoms with Gasteiger partial charge in [0.2, 0.25) is 0 Å². The number of nitrogens with two attached hydrogens (primary N) is 3. The van der Waals surface area contributed by atoms with E-state index in [1.54, 1.807) is 0 Å². The summed E-state index contributed by atoms with van der Waals surface area (Å²) in [6.45, 7) is -1.87. The fraction of sp³-hybridized carbons (Fsp3) is 0.500. The normalized spacial score (nSPS) is 10.5. The van der Waals surface area contributed by atoms with Gasteiger partial charge >= 0.3 is 35.3 Å². The van der Waals surface area contributed by atoms with E-state index in [1.807, 2.05) is 0 Å². The molecule has 0 fully saturated rings. The minimum Gasteiger partial charge on any atom is -0.716 e. The van der Waals surface area contributed by atoms with Crippen molar-refractivity contribution in [3.8, 4) is 0 Å². The average Bonchev–Trinajstić information content (AvgIpc) is 2.43. The summed E-state index contributed by atoms with van der Waals surface area (Å²) in [7, 11) is -14.7. The van der Waals surface area contributed by atoms with Crippen molar-refractivity contribution in [2.45, 2.75) is 0 Å². The summed E-state index contributed by atoms with van der Waals surface area (Å²) in [6.07, 6.45) is 0. The Bertz CT molecular complexity index is 695. The van der Waals surface area contributed by atoms with E-state index < -0.39 is 68.7 Å². The minimum atomic E-state index is -4.91. The Morgan fingerprint density at radius 2 is 0.714 bits per heavy atom. The first-order valence-corrected chi connectivity index (χ1v) is 9.51. The molecule has 0 spiro atoms. The van der Waals surface area contributed by atoms with Gasteiger partial charge in [-0.2, -0.15) is 0 Å². The zero-order chi connectivity index (χ0) is 22.5. The third kappa shape index (κ3) is 35.6. The second-order valence-electron chi connectivity index (χ2n) is 3.20. The summed E-state index contributed by atoms with van der Waals surface area (Å²) in [6, 6.07) is 0. The maximum Gasteiger partial charge on any atom is 3.00 e. The Morgan fingerprint density at radius 1 is 0.571 bits per heavy atom. The smallest absolute Gasteiger partial charge is 0.716 e. The molecule has 0 aliphatic carbocycles. The van der Waals surface area contributed by atoms with Gasteiger partial charge in [-0.3, -0.25) is 0 Å². The van der Waals surface area contributed by atoms with Crippen molar-refractivity contribution in [2.24, 2.45) is 17.2 Å². The molecule has 0 aromatic carbocycles. The van der Waals surface area contributed by atoms with Crippen LogP contribution in [0.3, 0.4) is 0 Å². The van der Waals surface area contributed by atoms with Crippen LogP contribution in [0.5, 0.6) is 0 Å². The zero-order valence-corrected chi connectivity index (χ0v) is 16.9. The number of hydrogen-bond donors (Lipinski definition) is 3. The van der Waals surface area contributed by atoms with Crippen LogP contribution >= 0.6 is 0 Å². The molecule has 0 saturated carbocycles. The van der Waals surface area contributed by atoms with Crippen molar-refractivity contribution in [3.63, 3.8) is 0 Å². The second kappa shape index (κ2) is 15.5. The van der Waals surface area contributed by atoms with E-state index in [4.69, 9.17) is 0 Å². The molecule has 22 heteroatoms. The van der Waals surface area contributed by atoms with Gasteiger partial charge in [0.15, 0.2) is 0 Å². The van der Waals surface area contributed by atoms with Gasteiger partial charge in [-0.25, -0.2) is 39.6 Å². The molecule has 0 aliphatic rings. The number of hydrogen-bond acceptors (Lipinski definition) is 18. The largest absolute Gasteiger partial charge is 3.00 e. The molecule has 0 amide bonds. The molecule has 0 heterocycles. The van der Waals surface area contributed by atoms with Gasteiger partial charge < -0.3 is 43.4 Å². The van der Waals surface area contributed by atoms with Crippen LogP contribution in [0.2, 0.25) is 0 Å². The molecule has 0 aromatic rings. The molecule has 0 unspecified atom stereocenters. The van der Waals surface area contributed by atoms with Crippen LogP contribution in [-0.2, 0) is 58.1 Å². The Balaban J connectivity index is -0.000000152. The molecular formula is C6H12AlN3O15S3. The zero-order valence-electron chi connectivity index (χ0n) is 13.3. The Kier molecular flexibility index (Phi) is 18.8. The Morgan fingerprint density at radius 3 is 0.750 bits per heavy atom. The maximum atomic E-state index is 9.90. The van der Waals surface area contributed by atoms with E-state index >= 15 is 0 Å². The van der Waals surface area contributed by atoms with Gasteiger partial charge in [-0.15, -0.1) is 0 Å². The first kappa shape index (κ1) is 34.1. The Labute approximate surface area is 169 Å². The van der Waals surface area contributed by atoms with Crippen LogP contribution in [0.4, 0.5) is 0 Å². The third-order valence-corrected chi connectivity index (χ3v) is 2.26. The quantitative estimate of drug-likeness (QED) is 0.177. The van der Waals surface area contributed by atoms with Gasteiger partial charge in [0.1, 0.15) is 0 Å². The minimum absolute atomic E-state index is 0. The van der Waals surface area contributed by atoms with Crippen molar-refractivity contribution >= 4 is 66.5 Å². The van der Waals surface area contributed by atoms with E-state index in [0.717, 1.165) is 0 Å². The first-order valence-electron chi connectivity index (χ1n) is 5.51. The molecular weight excluding hydrogens is 477 g/mol. The van der Waals surface area contributed by atoms with Crippen LogP contribution in [0, 0.1) is 0 Å². The molecule has 28 heavy (non-hydrogen) atoms.